The van der Waals surface area contributed by atoms with Crippen LogP contribution in [0.3, 0.4) is 0 Å². The molecule has 26 heavy (non-hydrogen) atoms. The number of amides is 1. The minimum Gasteiger partial charge on any atom is -0.497 e. The quantitative estimate of drug-likeness (QED) is 0.674. The average molecular weight is 346 g/mol. The second kappa shape index (κ2) is 8.21. The van der Waals surface area contributed by atoms with E-state index in [9.17, 15) is 4.79 Å². The molecule has 0 aliphatic heterocycles. The highest BCUT2D eigenvalue weighted by Crippen LogP contribution is 2.23. The molecule has 0 unspecified atom stereocenters. The number of methoxy groups -OCH3 is 1. The van der Waals surface area contributed by atoms with Crippen molar-refractivity contribution in [2.45, 2.75) is 13.0 Å². The van der Waals surface area contributed by atoms with Crippen LogP contribution in [0.5, 0.6) is 5.75 Å². The number of nitrogens with one attached hydrogen (secondary N) is 2. The molecule has 0 spiro atoms. The first-order valence-corrected chi connectivity index (χ1v) is 8.49. The summed E-state index contributed by atoms with van der Waals surface area (Å²) in [5.74, 6) is 0.566. The second-order valence-corrected chi connectivity index (χ2v) is 6.08. The van der Waals surface area contributed by atoms with Crippen molar-refractivity contribution in [1.29, 1.82) is 0 Å². The molecule has 0 saturated heterocycles. The number of carbonyl (C=O) groups excluding carboxylic acids is 1. The van der Waals surface area contributed by atoms with Gasteiger partial charge in [0.25, 0.3) is 5.91 Å². The van der Waals surface area contributed by atoms with Gasteiger partial charge in [-0.05, 0) is 42.3 Å². The maximum Gasteiger partial charge on any atom is 0.251 e. The van der Waals surface area contributed by atoms with E-state index in [0.717, 1.165) is 16.8 Å². The number of ether oxygens (including phenoxy) is 1. The molecule has 4 nitrogen and oxygen atoms in total. The van der Waals surface area contributed by atoms with Crippen LogP contribution in [0.25, 0.3) is 0 Å². The SMILES string of the molecule is COc1cccc(NC(=O)[C@@H](Nc2cccc(C)c2)c2ccccc2)c1. The van der Waals surface area contributed by atoms with Crippen LogP contribution in [0.15, 0.2) is 78.9 Å². The van der Waals surface area contributed by atoms with Crippen molar-refractivity contribution in [2.24, 2.45) is 0 Å². The highest BCUT2D eigenvalue weighted by atomic mass is 16.5. The predicted molar refractivity (Wildman–Crippen MR) is 106 cm³/mol. The van der Waals surface area contributed by atoms with Crippen LogP contribution in [-0.2, 0) is 4.79 Å². The molecular weight excluding hydrogens is 324 g/mol. The fourth-order valence-electron chi connectivity index (χ4n) is 2.76. The smallest absolute Gasteiger partial charge is 0.251 e. The van der Waals surface area contributed by atoms with Crippen molar-refractivity contribution in [2.75, 3.05) is 17.7 Å². The van der Waals surface area contributed by atoms with Crippen LogP contribution in [-0.4, -0.2) is 13.0 Å². The Labute approximate surface area is 153 Å². The van der Waals surface area contributed by atoms with E-state index in [-0.39, 0.29) is 5.91 Å². The van der Waals surface area contributed by atoms with E-state index < -0.39 is 6.04 Å². The molecule has 0 heterocycles. The third-order valence-corrected chi connectivity index (χ3v) is 4.06. The number of carbonyl (C=O) groups is 1. The van der Waals surface area contributed by atoms with E-state index in [0.29, 0.717) is 11.4 Å². The Balaban J connectivity index is 1.86. The van der Waals surface area contributed by atoms with Crippen LogP contribution in [0.1, 0.15) is 17.2 Å². The standard InChI is InChI=1S/C22H22N2O2/c1-16-8-6-11-18(14-16)23-21(17-9-4-3-5-10-17)22(25)24-19-12-7-13-20(15-19)26-2/h3-15,21,23H,1-2H3,(H,24,25)/t21-/m0/s1. The number of rotatable bonds is 6. The summed E-state index contributed by atoms with van der Waals surface area (Å²) in [5.41, 5.74) is 3.63. The topological polar surface area (TPSA) is 50.4 Å². The van der Waals surface area contributed by atoms with Gasteiger partial charge in [-0.25, -0.2) is 0 Å². The molecule has 132 valence electrons. The first-order valence-electron chi connectivity index (χ1n) is 8.49. The largest absolute Gasteiger partial charge is 0.497 e. The lowest BCUT2D eigenvalue weighted by Gasteiger charge is -2.20. The summed E-state index contributed by atoms with van der Waals surface area (Å²) in [7, 11) is 1.60. The summed E-state index contributed by atoms with van der Waals surface area (Å²) in [6.07, 6.45) is 0. The van der Waals surface area contributed by atoms with Gasteiger partial charge in [0.2, 0.25) is 0 Å². The van der Waals surface area contributed by atoms with Crippen molar-refractivity contribution >= 4 is 17.3 Å². The van der Waals surface area contributed by atoms with E-state index in [1.807, 2.05) is 79.7 Å². The van der Waals surface area contributed by atoms with Crippen LogP contribution in [0.4, 0.5) is 11.4 Å². The summed E-state index contributed by atoms with van der Waals surface area (Å²) in [6, 6.07) is 24.5. The molecule has 1 atom stereocenters. The Morgan fingerprint density at radius 3 is 2.35 bits per heavy atom. The van der Waals surface area contributed by atoms with Crippen molar-refractivity contribution < 1.29 is 9.53 Å². The molecule has 3 rings (SSSR count). The Bertz CT molecular complexity index is 878. The summed E-state index contributed by atoms with van der Waals surface area (Å²) >= 11 is 0. The molecule has 0 saturated carbocycles. The number of aryl methyl sites for hydroxylation is 1. The molecule has 2 N–H and O–H groups in total. The van der Waals surface area contributed by atoms with Crippen molar-refractivity contribution in [3.8, 4) is 5.75 Å². The maximum atomic E-state index is 13.0. The fourth-order valence-corrected chi connectivity index (χ4v) is 2.76. The van der Waals surface area contributed by atoms with Gasteiger partial charge < -0.3 is 15.4 Å². The molecule has 1 amide bonds. The zero-order valence-corrected chi connectivity index (χ0v) is 14.9. The van der Waals surface area contributed by atoms with Gasteiger partial charge >= 0.3 is 0 Å². The zero-order chi connectivity index (χ0) is 18.4. The normalized spacial score (nSPS) is 11.5. The van der Waals surface area contributed by atoms with Gasteiger partial charge in [0.15, 0.2) is 0 Å². The number of anilines is 2. The van der Waals surface area contributed by atoms with E-state index in [4.69, 9.17) is 4.74 Å². The Morgan fingerprint density at radius 1 is 0.885 bits per heavy atom. The third kappa shape index (κ3) is 4.42. The van der Waals surface area contributed by atoms with Gasteiger partial charge in [-0.2, -0.15) is 0 Å². The highest BCUT2D eigenvalue weighted by molar-refractivity contribution is 5.97. The zero-order valence-electron chi connectivity index (χ0n) is 14.9. The van der Waals surface area contributed by atoms with Crippen LogP contribution in [0, 0.1) is 6.92 Å². The van der Waals surface area contributed by atoms with E-state index in [1.165, 1.54) is 0 Å². The molecule has 0 bridgehead atoms. The predicted octanol–water partition coefficient (Wildman–Crippen LogP) is 4.80. The first kappa shape index (κ1) is 17.5. The molecule has 0 fully saturated rings. The molecule has 4 heteroatoms. The van der Waals surface area contributed by atoms with Gasteiger partial charge in [0.1, 0.15) is 11.8 Å². The van der Waals surface area contributed by atoms with Gasteiger partial charge in [0, 0.05) is 17.4 Å². The number of hydrogen-bond donors (Lipinski definition) is 2. The molecule has 0 aliphatic rings. The van der Waals surface area contributed by atoms with E-state index in [2.05, 4.69) is 10.6 Å². The molecule has 3 aromatic carbocycles. The second-order valence-electron chi connectivity index (χ2n) is 6.08. The number of hydrogen-bond acceptors (Lipinski definition) is 3. The summed E-state index contributed by atoms with van der Waals surface area (Å²) in [6.45, 7) is 2.03. The molecule has 0 aliphatic carbocycles. The van der Waals surface area contributed by atoms with Crippen LogP contribution < -0.4 is 15.4 Å². The molecule has 0 aromatic heterocycles. The van der Waals surface area contributed by atoms with Crippen molar-refractivity contribution in [1.82, 2.24) is 0 Å². The van der Waals surface area contributed by atoms with Gasteiger partial charge in [-0.15, -0.1) is 0 Å². The van der Waals surface area contributed by atoms with Gasteiger partial charge in [-0.3, -0.25) is 4.79 Å². The molecule has 3 aromatic rings. The summed E-state index contributed by atoms with van der Waals surface area (Å²) < 4.78 is 5.22. The van der Waals surface area contributed by atoms with Crippen molar-refractivity contribution in [3.05, 3.63) is 90.0 Å². The highest BCUT2D eigenvalue weighted by Gasteiger charge is 2.20. The maximum absolute atomic E-state index is 13.0. The first-order chi connectivity index (χ1) is 12.7. The monoisotopic (exact) mass is 346 g/mol. The van der Waals surface area contributed by atoms with E-state index in [1.54, 1.807) is 13.2 Å². The Morgan fingerprint density at radius 2 is 1.62 bits per heavy atom. The Hall–Kier alpha value is -3.27. The van der Waals surface area contributed by atoms with Crippen LogP contribution in [0.2, 0.25) is 0 Å². The van der Waals surface area contributed by atoms with Gasteiger partial charge in [-0.1, -0.05) is 48.5 Å². The summed E-state index contributed by atoms with van der Waals surface area (Å²) in [4.78, 5) is 13.0. The Kier molecular flexibility index (Phi) is 5.54. The molecule has 0 radical (unpaired) electrons. The van der Waals surface area contributed by atoms with E-state index >= 15 is 0 Å². The minimum absolute atomic E-state index is 0.133. The molecular formula is C22H22N2O2. The summed E-state index contributed by atoms with van der Waals surface area (Å²) in [5, 5.41) is 6.31. The average Bonchev–Trinajstić information content (AvgIpc) is 2.67. The number of benzene rings is 3. The minimum atomic E-state index is -0.510. The van der Waals surface area contributed by atoms with Crippen LogP contribution >= 0.6 is 0 Å². The van der Waals surface area contributed by atoms with Crippen molar-refractivity contribution in [3.63, 3.8) is 0 Å². The fraction of sp³-hybridized carbons (Fsp3) is 0.136. The lowest BCUT2D eigenvalue weighted by molar-refractivity contribution is -0.117. The van der Waals surface area contributed by atoms with Gasteiger partial charge in [0.05, 0.1) is 7.11 Å². The lowest BCUT2D eigenvalue weighted by Crippen LogP contribution is -2.27. The lowest BCUT2D eigenvalue weighted by atomic mass is 10.1. The third-order valence-electron chi connectivity index (χ3n) is 4.06.